The van der Waals surface area contributed by atoms with E-state index in [4.69, 9.17) is 15.6 Å². The van der Waals surface area contributed by atoms with E-state index in [0.29, 0.717) is 12.2 Å². The molecule has 0 amide bonds. The van der Waals surface area contributed by atoms with E-state index in [-0.39, 0.29) is 0 Å². The van der Waals surface area contributed by atoms with Crippen molar-refractivity contribution < 1.29 is 14.6 Å². The first kappa shape index (κ1) is 16.5. The monoisotopic (exact) mass is 279 g/mol. The van der Waals surface area contributed by atoms with Crippen LogP contribution in [0.25, 0.3) is 0 Å². The van der Waals surface area contributed by atoms with Crippen molar-refractivity contribution in [3.63, 3.8) is 0 Å². The molecular weight excluding hydrogens is 254 g/mol. The van der Waals surface area contributed by atoms with Gasteiger partial charge >= 0.3 is 5.97 Å². The third-order valence-corrected chi connectivity index (χ3v) is 3.27. The molecule has 3 N–H and O–H groups in total. The summed E-state index contributed by atoms with van der Waals surface area (Å²) >= 11 is 0. The van der Waals surface area contributed by atoms with Crippen molar-refractivity contribution in [3.05, 3.63) is 29.8 Å². The first-order valence-electron chi connectivity index (χ1n) is 7.36. The molecule has 0 aliphatic carbocycles. The number of hydrogen-bond donors (Lipinski definition) is 2. The Morgan fingerprint density at radius 2 is 1.75 bits per heavy atom. The number of carbonyl (C=O) groups is 1. The average molecular weight is 279 g/mol. The largest absolute Gasteiger partial charge is 0.494 e. The third-order valence-electron chi connectivity index (χ3n) is 3.27. The highest BCUT2D eigenvalue weighted by Gasteiger charge is 2.13. The van der Waals surface area contributed by atoms with Crippen molar-refractivity contribution in [2.75, 3.05) is 6.61 Å². The van der Waals surface area contributed by atoms with Crippen LogP contribution >= 0.6 is 0 Å². The fourth-order valence-electron chi connectivity index (χ4n) is 1.99. The van der Waals surface area contributed by atoms with E-state index in [2.05, 4.69) is 6.92 Å². The Morgan fingerprint density at radius 1 is 1.15 bits per heavy atom. The number of benzene rings is 1. The Kier molecular flexibility index (Phi) is 7.73. The lowest BCUT2D eigenvalue weighted by molar-refractivity contribution is -0.138. The number of rotatable bonds is 10. The normalized spacial score (nSPS) is 12.1. The van der Waals surface area contributed by atoms with Gasteiger partial charge in [-0.3, -0.25) is 4.79 Å². The molecule has 1 rings (SSSR count). The Morgan fingerprint density at radius 3 is 2.35 bits per heavy atom. The van der Waals surface area contributed by atoms with Gasteiger partial charge in [0.1, 0.15) is 11.8 Å². The number of carboxylic acids is 1. The topological polar surface area (TPSA) is 72.5 Å². The molecule has 1 atom stereocenters. The van der Waals surface area contributed by atoms with E-state index in [9.17, 15) is 4.79 Å². The van der Waals surface area contributed by atoms with Crippen LogP contribution in [-0.4, -0.2) is 17.7 Å². The molecule has 0 aliphatic rings. The molecule has 0 heterocycles. The maximum atomic E-state index is 10.7. The predicted octanol–water partition coefficient (Wildman–Crippen LogP) is 3.51. The molecule has 4 nitrogen and oxygen atoms in total. The summed E-state index contributed by atoms with van der Waals surface area (Å²) in [5.74, 6) is -0.259. The first-order valence-corrected chi connectivity index (χ1v) is 7.36. The Hall–Kier alpha value is -1.55. The number of carboxylic acid groups (broad SMARTS) is 1. The van der Waals surface area contributed by atoms with E-state index in [1.807, 2.05) is 0 Å². The first-order chi connectivity index (χ1) is 9.65. The van der Waals surface area contributed by atoms with Crippen molar-refractivity contribution in [1.29, 1.82) is 0 Å². The summed E-state index contributed by atoms with van der Waals surface area (Å²) in [4.78, 5) is 10.7. The zero-order valence-electron chi connectivity index (χ0n) is 12.2. The van der Waals surface area contributed by atoms with Gasteiger partial charge in [0, 0.05) is 0 Å². The van der Waals surface area contributed by atoms with Crippen molar-refractivity contribution >= 4 is 5.97 Å². The van der Waals surface area contributed by atoms with E-state index in [1.165, 1.54) is 32.1 Å². The van der Waals surface area contributed by atoms with Crippen molar-refractivity contribution in [1.82, 2.24) is 0 Å². The molecule has 0 saturated carbocycles. The van der Waals surface area contributed by atoms with Crippen LogP contribution in [0.3, 0.4) is 0 Å². The summed E-state index contributed by atoms with van der Waals surface area (Å²) in [6.07, 6.45) is 7.40. The van der Waals surface area contributed by atoms with E-state index in [1.54, 1.807) is 24.3 Å². The standard InChI is InChI=1S/C16H25NO3/c1-2-3-4-5-6-7-12-20-14-10-8-13(9-11-14)15(17)16(18)19/h8-11,15H,2-7,12,17H2,1H3,(H,18,19)/t15-/m0/s1. The lowest BCUT2D eigenvalue weighted by Gasteiger charge is -2.09. The minimum Gasteiger partial charge on any atom is -0.494 e. The Balaban J connectivity index is 2.23. The van der Waals surface area contributed by atoms with Crippen LogP contribution < -0.4 is 10.5 Å². The zero-order chi connectivity index (χ0) is 14.8. The zero-order valence-corrected chi connectivity index (χ0v) is 12.2. The van der Waals surface area contributed by atoms with Gasteiger partial charge < -0.3 is 15.6 Å². The highest BCUT2D eigenvalue weighted by Crippen LogP contribution is 2.17. The summed E-state index contributed by atoms with van der Waals surface area (Å²) in [6, 6.07) is 5.98. The summed E-state index contributed by atoms with van der Waals surface area (Å²) in [5, 5.41) is 8.81. The second-order valence-electron chi connectivity index (χ2n) is 5.00. The summed E-state index contributed by atoms with van der Waals surface area (Å²) in [6.45, 7) is 2.92. The van der Waals surface area contributed by atoms with Crippen LogP contribution in [0.5, 0.6) is 5.75 Å². The van der Waals surface area contributed by atoms with Crippen molar-refractivity contribution in [2.45, 2.75) is 51.5 Å². The molecule has 0 unspecified atom stereocenters. The molecule has 112 valence electrons. The van der Waals surface area contributed by atoms with E-state index >= 15 is 0 Å². The number of unbranched alkanes of at least 4 members (excludes halogenated alkanes) is 5. The van der Waals surface area contributed by atoms with Gasteiger partial charge in [0.15, 0.2) is 0 Å². The Labute approximate surface area is 120 Å². The van der Waals surface area contributed by atoms with Crippen LogP contribution in [0.15, 0.2) is 24.3 Å². The quantitative estimate of drug-likeness (QED) is 0.643. The minimum atomic E-state index is -1.02. The molecule has 20 heavy (non-hydrogen) atoms. The van der Waals surface area contributed by atoms with E-state index < -0.39 is 12.0 Å². The molecule has 0 spiro atoms. The highest BCUT2D eigenvalue weighted by molar-refractivity contribution is 5.75. The SMILES string of the molecule is CCCCCCCCOc1ccc([C@H](N)C(=O)O)cc1. The lowest BCUT2D eigenvalue weighted by atomic mass is 10.1. The molecule has 0 radical (unpaired) electrons. The van der Waals surface area contributed by atoms with Crippen LogP contribution in [-0.2, 0) is 4.79 Å². The van der Waals surface area contributed by atoms with Gasteiger partial charge in [0.05, 0.1) is 6.61 Å². The van der Waals surface area contributed by atoms with E-state index in [0.717, 1.165) is 12.2 Å². The molecule has 1 aromatic rings. The van der Waals surface area contributed by atoms with Gasteiger partial charge in [0.25, 0.3) is 0 Å². The van der Waals surface area contributed by atoms with Gasteiger partial charge in [-0.15, -0.1) is 0 Å². The lowest BCUT2D eigenvalue weighted by Crippen LogP contribution is -2.20. The average Bonchev–Trinajstić information content (AvgIpc) is 2.46. The molecule has 0 aliphatic heterocycles. The van der Waals surface area contributed by atoms with Crippen LogP contribution in [0, 0.1) is 0 Å². The maximum absolute atomic E-state index is 10.7. The molecule has 4 heteroatoms. The fourth-order valence-corrected chi connectivity index (χ4v) is 1.99. The van der Waals surface area contributed by atoms with Gasteiger partial charge in [-0.05, 0) is 24.1 Å². The number of nitrogens with two attached hydrogens (primary N) is 1. The van der Waals surface area contributed by atoms with Crippen LogP contribution in [0.4, 0.5) is 0 Å². The van der Waals surface area contributed by atoms with Crippen molar-refractivity contribution in [2.24, 2.45) is 5.73 Å². The second kappa shape index (κ2) is 9.37. The van der Waals surface area contributed by atoms with Gasteiger partial charge in [-0.2, -0.15) is 0 Å². The van der Waals surface area contributed by atoms with Gasteiger partial charge in [0.2, 0.25) is 0 Å². The molecule has 1 aromatic carbocycles. The molecule has 0 saturated heterocycles. The minimum absolute atomic E-state index is 0.587. The van der Waals surface area contributed by atoms with Gasteiger partial charge in [-0.1, -0.05) is 51.2 Å². The van der Waals surface area contributed by atoms with Crippen LogP contribution in [0.1, 0.15) is 57.1 Å². The summed E-state index contributed by atoms with van der Waals surface area (Å²) in [5.41, 5.74) is 6.11. The summed E-state index contributed by atoms with van der Waals surface area (Å²) < 4.78 is 5.62. The smallest absolute Gasteiger partial charge is 0.325 e. The third kappa shape index (κ3) is 6.06. The maximum Gasteiger partial charge on any atom is 0.325 e. The Bertz CT molecular complexity index is 389. The number of aliphatic carboxylic acids is 1. The van der Waals surface area contributed by atoms with Gasteiger partial charge in [-0.25, -0.2) is 0 Å². The van der Waals surface area contributed by atoms with Crippen molar-refractivity contribution in [3.8, 4) is 5.75 Å². The molecule has 0 aromatic heterocycles. The molecular formula is C16H25NO3. The van der Waals surface area contributed by atoms with Crippen LogP contribution in [0.2, 0.25) is 0 Å². The second-order valence-corrected chi connectivity index (χ2v) is 5.00. The highest BCUT2D eigenvalue weighted by atomic mass is 16.5. The predicted molar refractivity (Wildman–Crippen MR) is 79.9 cm³/mol. The number of ether oxygens (including phenoxy) is 1. The fraction of sp³-hybridized carbons (Fsp3) is 0.562. The number of hydrogen-bond acceptors (Lipinski definition) is 3. The molecule has 0 bridgehead atoms. The molecule has 0 fully saturated rings. The summed E-state index contributed by atoms with van der Waals surface area (Å²) in [7, 11) is 0.